The maximum atomic E-state index is 12.9. The van der Waals surface area contributed by atoms with E-state index in [1.807, 2.05) is 13.0 Å². The maximum Gasteiger partial charge on any atom is 0.231 e. The number of aryl methyl sites for hydroxylation is 1. The van der Waals surface area contributed by atoms with E-state index in [0.29, 0.717) is 11.5 Å². The van der Waals surface area contributed by atoms with Crippen LogP contribution in [-0.2, 0) is 4.79 Å². The van der Waals surface area contributed by atoms with Crippen molar-refractivity contribution in [3.05, 3.63) is 17.8 Å². The van der Waals surface area contributed by atoms with Crippen LogP contribution in [0.5, 0.6) is 0 Å². The zero-order valence-electron chi connectivity index (χ0n) is 12.6. The SMILES string of the molecule is Cc1nc(NC(=O)C23CC4CC(CC(C4)C2)C3)ccc1N. The van der Waals surface area contributed by atoms with Gasteiger partial charge in [-0.25, -0.2) is 4.98 Å². The molecule has 0 atom stereocenters. The Hall–Kier alpha value is -1.58. The fraction of sp³-hybridized carbons (Fsp3) is 0.647. The lowest BCUT2D eigenvalue weighted by atomic mass is 9.49. The molecule has 5 rings (SSSR count). The molecule has 3 N–H and O–H groups in total. The van der Waals surface area contributed by atoms with Crippen molar-refractivity contribution >= 4 is 17.4 Å². The van der Waals surface area contributed by atoms with E-state index < -0.39 is 0 Å². The van der Waals surface area contributed by atoms with Crippen molar-refractivity contribution < 1.29 is 4.79 Å². The molecule has 0 aliphatic heterocycles. The van der Waals surface area contributed by atoms with Crippen LogP contribution in [0.15, 0.2) is 12.1 Å². The zero-order valence-corrected chi connectivity index (χ0v) is 12.6. The highest BCUT2D eigenvalue weighted by Gasteiger charge is 2.54. The molecule has 4 saturated carbocycles. The first-order valence-electron chi connectivity index (χ1n) is 8.09. The summed E-state index contributed by atoms with van der Waals surface area (Å²) in [6.07, 6.45) is 7.31. The molecular weight excluding hydrogens is 262 g/mol. The van der Waals surface area contributed by atoms with E-state index in [1.54, 1.807) is 6.07 Å². The van der Waals surface area contributed by atoms with E-state index in [2.05, 4.69) is 10.3 Å². The Kier molecular flexibility index (Phi) is 2.78. The van der Waals surface area contributed by atoms with Crippen LogP contribution in [-0.4, -0.2) is 10.9 Å². The second kappa shape index (κ2) is 4.46. The van der Waals surface area contributed by atoms with E-state index in [1.165, 1.54) is 19.3 Å². The lowest BCUT2D eigenvalue weighted by Crippen LogP contribution is -2.51. The first-order chi connectivity index (χ1) is 10.0. The zero-order chi connectivity index (χ0) is 14.6. The fourth-order valence-corrected chi connectivity index (χ4v) is 5.28. The molecule has 1 heterocycles. The highest BCUT2D eigenvalue weighted by atomic mass is 16.2. The third-order valence-corrected chi connectivity index (χ3v) is 5.89. The predicted octanol–water partition coefficient (Wildman–Crippen LogP) is 3.13. The van der Waals surface area contributed by atoms with Crippen LogP contribution < -0.4 is 11.1 Å². The van der Waals surface area contributed by atoms with Crippen molar-refractivity contribution in [1.82, 2.24) is 4.98 Å². The van der Waals surface area contributed by atoms with Gasteiger partial charge in [0.05, 0.1) is 16.8 Å². The number of nitrogens with two attached hydrogens (primary N) is 1. The summed E-state index contributed by atoms with van der Waals surface area (Å²) in [7, 11) is 0. The van der Waals surface area contributed by atoms with E-state index in [4.69, 9.17) is 5.73 Å². The number of carbonyl (C=O) groups is 1. The van der Waals surface area contributed by atoms with Crippen molar-refractivity contribution in [2.75, 3.05) is 11.1 Å². The van der Waals surface area contributed by atoms with Crippen LogP contribution in [0.2, 0.25) is 0 Å². The van der Waals surface area contributed by atoms with Crippen molar-refractivity contribution in [2.24, 2.45) is 23.2 Å². The van der Waals surface area contributed by atoms with Crippen molar-refractivity contribution in [2.45, 2.75) is 45.4 Å². The Morgan fingerprint density at radius 3 is 2.29 bits per heavy atom. The molecule has 0 radical (unpaired) electrons. The molecule has 0 spiro atoms. The van der Waals surface area contributed by atoms with Gasteiger partial charge in [0.2, 0.25) is 5.91 Å². The Morgan fingerprint density at radius 2 is 1.76 bits per heavy atom. The number of nitrogen functional groups attached to an aromatic ring is 1. The minimum Gasteiger partial charge on any atom is -0.397 e. The van der Waals surface area contributed by atoms with Gasteiger partial charge in [0, 0.05) is 0 Å². The molecule has 4 bridgehead atoms. The van der Waals surface area contributed by atoms with E-state index >= 15 is 0 Å². The largest absolute Gasteiger partial charge is 0.397 e. The first-order valence-corrected chi connectivity index (χ1v) is 8.09. The maximum absolute atomic E-state index is 12.9. The molecule has 4 fully saturated rings. The van der Waals surface area contributed by atoms with Crippen molar-refractivity contribution in [1.29, 1.82) is 0 Å². The molecule has 4 aliphatic rings. The molecule has 0 saturated heterocycles. The third-order valence-electron chi connectivity index (χ3n) is 5.89. The van der Waals surface area contributed by atoms with Gasteiger partial charge in [-0.15, -0.1) is 0 Å². The molecule has 112 valence electrons. The molecule has 1 amide bonds. The summed E-state index contributed by atoms with van der Waals surface area (Å²) >= 11 is 0. The number of hydrogen-bond donors (Lipinski definition) is 2. The number of hydrogen-bond acceptors (Lipinski definition) is 3. The average molecular weight is 285 g/mol. The van der Waals surface area contributed by atoms with Crippen LogP contribution in [0.3, 0.4) is 0 Å². The molecular formula is C17H23N3O. The number of rotatable bonds is 2. The van der Waals surface area contributed by atoms with Crippen molar-refractivity contribution in [3.8, 4) is 0 Å². The lowest BCUT2D eigenvalue weighted by Gasteiger charge is -2.55. The van der Waals surface area contributed by atoms with Gasteiger partial charge in [0.15, 0.2) is 0 Å². The van der Waals surface area contributed by atoms with Crippen LogP contribution >= 0.6 is 0 Å². The summed E-state index contributed by atoms with van der Waals surface area (Å²) in [5, 5.41) is 3.06. The Morgan fingerprint density at radius 1 is 1.19 bits per heavy atom. The number of amides is 1. The van der Waals surface area contributed by atoms with Gasteiger partial charge in [0.1, 0.15) is 5.82 Å². The minimum absolute atomic E-state index is 0.119. The fourth-order valence-electron chi connectivity index (χ4n) is 5.28. The van der Waals surface area contributed by atoms with Gasteiger partial charge in [-0.2, -0.15) is 0 Å². The second-order valence-electron chi connectivity index (χ2n) is 7.52. The summed E-state index contributed by atoms with van der Waals surface area (Å²) in [6.45, 7) is 1.87. The van der Waals surface area contributed by atoms with Gasteiger partial charge in [0.25, 0.3) is 0 Å². The van der Waals surface area contributed by atoms with E-state index in [0.717, 1.165) is 42.7 Å². The molecule has 1 aromatic rings. The summed E-state index contributed by atoms with van der Waals surface area (Å²) in [5.74, 6) is 3.18. The molecule has 4 nitrogen and oxygen atoms in total. The van der Waals surface area contributed by atoms with Gasteiger partial charge in [-0.3, -0.25) is 4.79 Å². The van der Waals surface area contributed by atoms with Gasteiger partial charge < -0.3 is 11.1 Å². The molecule has 0 unspecified atom stereocenters. The molecule has 1 aromatic heterocycles. The van der Waals surface area contributed by atoms with Crippen LogP contribution in [0.1, 0.15) is 44.2 Å². The third kappa shape index (κ3) is 2.12. The summed E-state index contributed by atoms with van der Waals surface area (Å²) < 4.78 is 0. The average Bonchev–Trinajstić information content (AvgIpc) is 2.41. The number of pyridine rings is 1. The Balaban J connectivity index is 1.56. The minimum atomic E-state index is -0.119. The number of nitrogens with one attached hydrogen (secondary N) is 1. The Labute approximate surface area is 125 Å². The summed E-state index contributed by atoms with van der Waals surface area (Å²) in [6, 6.07) is 3.62. The van der Waals surface area contributed by atoms with Gasteiger partial charge in [-0.05, 0) is 75.3 Å². The highest BCUT2D eigenvalue weighted by Crippen LogP contribution is 2.60. The predicted molar refractivity (Wildman–Crippen MR) is 82.6 cm³/mol. The molecule has 4 aliphatic carbocycles. The van der Waals surface area contributed by atoms with E-state index in [-0.39, 0.29) is 11.3 Å². The number of anilines is 2. The van der Waals surface area contributed by atoms with Gasteiger partial charge in [-0.1, -0.05) is 0 Å². The summed E-state index contributed by atoms with van der Waals surface area (Å²) in [5.41, 5.74) is 7.12. The molecule has 4 heteroatoms. The second-order valence-corrected chi connectivity index (χ2v) is 7.52. The Bertz CT molecular complexity index is 560. The lowest BCUT2D eigenvalue weighted by molar-refractivity contribution is -0.140. The van der Waals surface area contributed by atoms with Crippen LogP contribution in [0.25, 0.3) is 0 Å². The topological polar surface area (TPSA) is 68.0 Å². The summed E-state index contributed by atoms with van der Waals surface area (Å²) in [4.78, 5) is 17.3. The van der Waals surface area contributed by atoms with Crippen LogP contribution in [0.4, 0.5) is 11.5 Å². The number of carbonyl (C=O) groups excluding carboxylic acids is 1. The normalized spacial score (nSPS) is 36.7. The van der Waals surface area contributed by atoms with Crippen LogP contribution in [0, 0.1) is 30.1 Å². The number of aromatic nitrogens is 1. The molecule has 21 heavy (non-hydrogen) atoms. The highest BCUT2D eigenvalue weighted by molar-refractivity contribution is 5.95. The van der Waals surface area contributed by atoms with Gasteiger partial charge >= 0.3 is 0 Å². The molecule has 0 aromatic carbocycles. The van der Waals surface area contributed by atoms with Crippen molar-refractivity contribution in [3.63, 3.8) is 0 Å². The number of nitrogens with zero attached hydrogens (tertiary/aromatic N) is 1. The quantitative estimate of drug-likeness (QED) is 0.877. The monoisotopic (exact) mass is 285 g/mol. The first kappa shape index (κ1) is 13.1. The smallest absolute Gasteiger partial charge is 0.231 e. The van der Waals surface area contributed by atoms with E-state index in [9.17, 15) is 4.79 Å². The standard InChI is InChI=1S/C17H23N3O/c1-10-14(18)2-3-15(19-10)20-16(21)17-7-11-4-12(8-17)6-13(5-11)9-17/h2-3,11-13H,4-9,18H2,1H3,(H,19,20,21).